The molecule has 0 saturated carbocycles. The van der Waals surface area contributed by atoms with Crippen LogP contribution in [0.4, 0.5) is 0 Å². The summed E-state index contributed by atoms with van der Waals surface area (Å²) >= 11 is 11.3. The first kappa shape index (κ1) is 7.71. The first-order valence-electron chi connectivity index (χ1n) is 3.19. The summed E-state index contributed by atoms with van der Waals surface area (Å²) in [5, 5.41) is 0.740. The molecule has 0 fully saturated rings. The van der Waals surface area contributed by atoms with Gasteiger partial charge in [-0.05, 0) is 0 Å². The minimum atomic E-state index is 0.352. The molecule has 0 radical (unpaired) electrons. The van der Waals surface area contributed by atoms with Crippen LogP contribution >= 0.6 is 23.2 Å². The van der Waals surface area contributed by atoms with Gasteiger partial charge in [0.25, 0.3) is 0 Å². The average molecular weight is 200 g/mol. The molecule has 0 aliphatic heterocycles. The normalized spacial score (nSPS) is 10.5. The van der Waals surface area contributed by atoms with Crippen molar-refractivity contribution in [2.45, 2.75) is 0 Å². The summed E-state index contributed by atoms with van der Waals surface area (Å²) in [6, 6.07) is 1.62. The molecule has 2 rings (SSSR count). The van der Waals surface area contributed by atoms with E-state index in [1.165, 1.54) is 6.20 Å². The van der Waals surface area contributed by atoms with E-state index in [4.69, 9.17) is 23.2 Å². The fraction of sp³-hybridized carbons (Fsp3) is 0. The topological polar surface area (TPSA) is 38.7 Å². The lowest BCUT2D eigenvalue weighted by atomic mass is 10.4. The van der Waals surface area contributed by atoms with E-state index in [-0.39, 0.29) is 0 Å². The maximum atomic E-state index is 5.65. The van der Waals surface area contributed by atoms with E-state index in [0.717, 1.165) is 0 Å². The minimum absolute atomic E-state index is 0.352. The summed E-state index contributed by atoms with van der Waals surface area (Å²) in [7, 11) is 0. The molecule has 2 aromatic rings. The van der Waals surface area contributed by atoms with Crippen LogP contribution in [0.25, 0.3) is 11.0 Å². The molecule has 0 N–H and O–H groups in total. The van der Waals surface area contributed by atoms with E-state index in [2.05, 4.69) is 15.0 Å². The van der Waals surface area contributed by atoms with Crippen LogP contribution in [-0.4, -0.2) is 15.0 Å². The van der Waals surface area contributed by atoms with E-state index >= 15 is 0 Å². The van der Waals surface area contributed by atoms with Crippen LogP contribution in [-0.2, 0) is 0 Å². The second-order valence-electron chi connectivity index (χ2n) is 2.19. The molecule has 2 aromatic heterocycles. The molecule has 5 heteroatoms. The number of pyridine rings is 1. The van der Waals surface area contributed by atoms with Crippen LogP contribution in [0.15, 0.2) is 18.5 Å². The Bertz CT molecular complexity index is 393. The molecule has 0 spiro atoms. The minimum Gasteiger partial charge on any atom is -0.250 e. The summed E-state index contributed by atoms with van der Waals surface area (Å²) in [4.78, 5) is 11.9. The van der Waals surface area contributed by atoms with Crippen molar-refractivity contribution < 1.29 is 0 Å². The number of halogens is 2. The lowest BCUT2D eigenvalue weighted by Gasteiger charge is -1.95. The van der Waals surface area contributed by atoms with E-state index in [0.29, 0.717) is 21.3 Å². The first-order valence-corrected chi connectivity index (χ1v) is 3.95. The van der Waals surface area contributed by atoms with Crippen LogP contribution in [0.3, 0.4) is 0 Å². The van der Waals surface area contributed by atoms with Crippen molar-refractivity contribution in [3.8, 4) is 0 Å². The summed E-state index contributed by atoms with van der Waals surface area (Å²) in [5.41, 5.74) is 1.34. The molecule has 12 heavy (non-hydrogen) atoms. The fourth-order valence-electron chi connectivity index (χ4n) is 0.869. The van der Waals surface area contributed by atoms with Crippen LogP contribution in [0.2, 0.25) is 10.3 Å². The quantitative estimate of drug-likeness (QED) is 0.612. The highest BCUT2D eigenvalue weighted by Crippen LogP contribution is 2.14. The molecule has 0 aromatic carbocycles. The monoisotopic (exact) mass is 199 g/mol. The predicted molar refractivity (Wildman–Crippen MR) is 47.4 cm³/mol. The predicted octanol–water partition coefficient (Wildman–Crippen LogP) is 2.33. The van der Waals surface area contributed by atoms with E-state index in [1.54, 1.807) is 12.3 Å². The molecule has 0 saturated heterocycles. The van der Waals surface area contributed by atoms with Gasteiger partial charge in [0, 0.05) is 6.07 Å². The Morgan fingerprint density at radius 1 is 0.917 bits per heavy atom. The van der Waals surface area contributed by atoms with Crippen LogP contribution in [0, 0.1) is 0 Å². The summed E-state index contributed by atoms with van der Waals surface area (Å²) in [6.45, 7) is 0. The average Bonchev–Trinajstić information content (AvgIpc) is 2.03. The van der Waals surface area contributed by atoms with Crippen molar-refractivity contribution in [2.75, 3.05) is 0 Å². The number of hydrogen-bond donors (Lipinski definition) is 0. The molecule has 0 unspecified atom stereocenters. The molecule has 3 nitrogen and oxygen atoms in total. The number of nitrogens with zero attached hydrogens (tertiary/aromatic N) is 3. The van der Waals surface area contributed by atoms with Crippen molar-refractivity contribution in [1.82, 2.24) is 15.0 Å². The lowest BCUT2D eigenvalue weighted by molar-refractivity contribution is 1.25. The Morgan fingerprint density at radius 3 is 2.58 bits per heavy atom. The molecular formula is C7H3Cl2N3. The van der Waals surface area contributed by atoms with Crippen LogP contribution < -0.4 is 0 Å². The van der Waals surface area contributed by atoms with Crippen molar-refractivity contribution in [2.24, 2.45) is 0 Å². The number of rotatable bonds is 0. The Hall–Kier alpha value is -0.930. The van der Waals surface area contributed by atoms with Gasteiger partial charge < -0.3 is 0 Å². The standard InChI is InChI=1S/C7H3Cl2N3/c8-6-1-4-5(2-11-6)10-3-7(9)12-4/h1-3H. The van der Waals surface area contributed by atoms with E-state index in [9.17, 15) is 0 Å². The molecular weight excluding hydrogens is 197 g/mol. The molecule has 0 bridgehead atoms. The fourth-order valence-corrected chi connectivity index (χ4v) is 1.16. The number of hydrogen-bond acceptors (Lipinski definition) is 3. The molecule has 0 aliphatic carbocycles. The summed E-state index contributed by atoms with van der Waals surface area (Å²) in [6.07, 6.45) is 3.03. The highest BCUT2D eigenvalue weighted by atomic mass is 35.5. The Morgan fingerprint density at radius 2 is 1.75 bits per heavy atom. The summed E-state index contributed by atoms with van der Waals surface area (Å²) in [5.74, 6) is 0. The van der Waals surface area contributed by atoms with Gasteiger partial charge in [0.2, 0.25) is 0 Å². The zero-order valence-electron chi connectivity index (χ0n) is 5.83. The van der Waals surface area contributed by atoms with Gasteiger partial charge in [-0.15, -0.1) is 0 Å². The van der Waals surface area contributed by atoms with Crippen molar-refractivity contribution in [3.05, 3.63) is 28.8 Å². The summed E-state index contributed by atoms with van der Waals surface area (Å²) < 4.78 is 0. The second-order valence-corrected chi connectivity index (χ2v) is 2.96. The smallest absolute Gasteiger partial charge is 0.148 e. The van der Waals surface area contributed by atoms with Gasteiger partial charge in [0.15, 0.2) is 0 Å². The first-order chi connectivity index (χ1) is 5.75. The SMILES string of the molecule is Clc1cc2nc(Cl)cnc2cn1. The third-order valence-electron chi connectivity index (χ3n) is 1.37. The maximum absolute atomic E-state index is 5.65. The number of aromatic nitrogens is 3. The largest absolute Gasteiger partial charge is 0.250 e. The van der Waals surface area contributed by atoms with E-state index < -0.39 is 0 Å². The third-order valence-corrected chi connectivity index (χ3v) is 1.75. The van der Waals surface area contributed by atoms with Gasteiger partial charge in [-0.1, -0.05) is 23.2 Å². The van der Waals surface area contributed by atoms with Gasteiger partial charge in [-0.2, -0.15) is 0 Å². The van der Waals surface area contributed by atoms with E-state index in [1.807, 2.05) is 0 Å². The zero-order valence-corrected chi connectivity index (χ0v) is 7.34. The molecule has 2 heterocycles. The zero-order chi connectivity index (χ0) is 8.55. The number of fused-ring (bicyclic) bond motifs is 1. The van der Waals surface area contributed by atoms with Crippen LogP contribution in [0.1, 0.15) is 0 Å². The lowest BCUT2D eigenvalue weighted by Crippen LogP contribution is -1.85. The van der Waals surface area contributed by atoms with Crippen molar-refractivity contribution >= 4 is 34.2 Å². The molecule has 0 aliphatic rings. The van der Waals surface area contributed by atoms with Gasteiger partial charge in [0.1, 0.15) is 15.8 Å². The molecule has 0 atom stereocenters. The van der Waals surface area contributed by atoms with Gasteiger partial charge >= 0.3 is 0 Å². The highest BCUT2D eigenvalue weighted by Gasteiger charge is 1.98. The van der Waals surface area contributed by atoms with Gasteiger partial charge in [-0.25, -0.2) is 15.0 Å². The van der Waals surface area contributed by atoms with Crippen molar-refractivity contribution in [1.29, 1.82) is 0 Å². The molecule has 60 valence electrons. The Kier molecular flexibility index (Phi) is 1.83. The Labute approximate surface area is 78.4 Å². The van der Waals surface area contributed by atoms with Crippen molar-refractivity contribution in [3.63, 3.8) is 0 Å². The Balaban J connectivity index is 2.80. The van der Waals surface area contributed by atoms with Gasteiger partial charge in [-0.3, -0.25) is 0 Å². The maximum Gasteiger partial charge on any atom is 0.148 e. The second kappa shape index (κ2) is 2.84. The third kappa shape index (κ3) is 1.33. The van der Waals surface area contributed by atoms with Crippen LogP contribution in [0.5, 0.6) is 0 Å². The highest BCUT2D eigenvalue weighted by molar-refractivity contribution is 6.30. The molecule has 0 amide bonds. The van der Waals surface area contributed by atoms with Gasteiger partial charge in [0.05, 0.1) is 17.9 Å².